The molecule has 0 saturated carbocycles. The predicted molar refractivity (Wildman–Crippen MR) is 104 cm³/mol. The molecule has 4 rings (SSSR count). The SMILES string of the molecule is N#CC(=C(O)COC(=O)c1cc(=O)c2ccccc2o1)c1nc2ccccc2[nH]1. The third-order valence-corrected chi connectivity index (χ3v) is 4.20. The van der Waals surface area contributed by atoms with Crippen molar-refractivity contribution in [2.45, 2.75) is 0 Å². The quantitative estimate of drug-likeness (QED) is 0.312. The molecule has 29 heavy (non-hydrogen) atoms. The first kappa shape index (κ1) is 18.0. The maximum Gasteiger partial charge on any atom is 0.374 e. The fourth-order valence-electron chi connectivity index (χ4n) is 2.81. The molecule has 0 atom stereocenters. The van der Waals surface area contributed by atoms with Gasteiger partial charge in [0.1, 0.15) is 17.2 Å². The standard InChI is InChI=1S/C21H13N3O5/c22-10-13(20-23-14-6-2-3-7-15(14)24-20)17(26)11-28-21(27)19-9-16(25)12-5-1-4-8-18(12)29-19/h1-9,26H,11H2,(H,23,24). The number of nitrogens with one attached hydrogen (secondary N) is 1. The van der Waals surface area contributed by atoms with Crippen LogP contribution >= 0.6 is 0 Å². The summed E-state index contributed by atoms with van der Waals surface area (Å²) in [6, 6.07) is 16.5. The molecule has 0 spiro atoms. The van der Waals surface area contributed by atoms with Gasteiger partial charge in [0, 0.05) is 6.07 Å². The molecule has 2 aromatic heterocycles. The number of aliphatic hydroxyl groups excluding tert-OH is 1. The first-order valence-corrected chi connectivity index (χ1v) is 8.54. The molecule has 0 radical (unpaired) electrons. The highest BCUT2D eigenvalue weighted by Crippen LogP contribution is 2.19. The summed E-state index contributed by atoms with van der Waals surface area (Å²) in [5.74, 6) is -1.58. The summed E-state index contributed by atoms with van der Waals surface area (Å²) in [7, 11) is 0. The molecule has 0 aliphatic heterocycles. The Hall–Kier alpha value is -4.38. The van der Waals surface area contributed by atoms with E-state index in [1.165, 1.54) is 0 Å². The van der Waals surface area contributed by atoms with Gasteiger partial charge in [-0.2, -0.15) is 5.26 Å². The molecule has 4 aromatic rings. The van der Waals surface area contributed by atoms with Crippen LogP contribution in [0.25, 0.3) is 27.6 Å². The first-order valence-electron chi connectivity index (χ1n) is 8.54. The Morgan fingerprint density at radius 3 is 2.76 bits per heavy atom. The highest BCUT2D eigenvalue weighted by molar-refractivity contribution is 5.89. The van der Waals surface area contributed by atoms with Gasteiger partial charge >= 0.3 is 5.97 Å². The molecule has 0 fully saturated rings. The number of aliphatic hydroxyl groups is 1. The van der Waals surface area contributed by atoms with Crippen molar-refractivity contribution in [3.8, 4) is 6.07 Å². The number of allylic oxidation sites excluding steroid dienone is 1. The van der Waals surface area contributed by atoms with E-state index in [4.69, 9.17) is 9.15 Å². The number of fused-ring (bicyclic) bond motifs is 2. The number of aromatic nitrogens is 2. The number of H-pyrrole nitrogens is 1. The fraction of sp³-hybridized carbons (Fsp3) is 0.0476. The molecule has 0 amide bonds. The van der Waals surface area contributed by atoms with Crippen molar-refractivity contribution < 1.29 is 19.1 Å². The molecule has 2 heterocycles. The molecule has 2 aromatic carbocycles. The van der Waals surface area contributed by atoms with E-state index >= 15 is 0 Å². The van der Waals surface area contributed by atoms with Gasteiger partial charge in [0.25, 0.3) is 0 Å². The number of aromatic amines is 1. The highest BCUT2D eigenvalue weighted by Gasteiger charge is 2.17. The zero-order chi connectivity index (χ0) is 20.4. The Morgan fingerprint density at radius 2 is 1.97 bits per heavy atom. The van der Waals surface area contributed by atoms with E-state index < -0.39 is 23.8 Å². The van der Waals surface area contributed by atoms with E-state index in [1.54, 1.807) is 48.5 Å². The van der Waals surface area contributed by atoms with Gasteiger partial charge in [-0.25, -0.2) is 9.78 Å². The zero-order valence-electron chi connectivity index (χ0n) is 14.9. The van der Waals surface area contributed by atoms with Crippen LogP contribution in [0.4, 0.5) is 0 Å². The smallest absolute Gasteiger partial charge is 0.374 e. The maximum absolute atomic E-state index is 12.2. The minimum absolute atomic E-state index is 0.152. The second kappa shape index (κ2) is 7.32. The second-order valence-corrected chi connectivity index (χ2v) is 6.08. The molecule has 8 heteroatoms. The molecule has 0 aliphatic rings. The van der Waals surface area contributed by atoms with E-state index in [1.807, 2.05) is 6.07 Å². The van der Waals surface area contributed by atoms with Gasteiger partial charge in [-0.3, -0.25) is 4.79 Å². The lowest BCUT2D eigenvalue weighted by Gasteiger charge is -2.05. The van der Waals surface area contributed by atoms with Crippen LogP contribution in [-0.4, -0.2) is 27.7 Å². The van der Waals surface area contributed by atoms with Crippen LogP contribution in [0.1, 0.15) is 16.4 Å². The molecule has 0 bridgehead atoms. The normalized spacial score (nSPS) is 11.8. The summed E-state index contributed by atoms with van der Waals surface area (Å²) in [6.45, 7) is -0.588. The molecule has 142 valence electrons. The Bertz CT molecular complexity index is 1340. The molecule has 0 unspecified atom stereocenters. The van der Waals surface area contributed by atoms with Gasteiger partial charge in [-0.05, 0) is 24.3 Å². The third-order valence-electron chi connectivity index (χ3n) is 4.20. The van der Waals surface area contributed by atoms with Crippen LogP contribution in [0.2, 0.25) is 0 Å². The number of hydrogen-bond donors (Lipinski definition) is 2. The van der Waals surface area contributed by atoms with Crippen molar-refractivity contribution in [1.82, 2.24) is 9.97 Å². The van der Waals surface area contributed by atoms with Crippen molar-refractivity contribution in [2.24, 2.45) is 0 Å². The number of esters is 1. The van der Waals surface area contributed by atoms with E-state index in [0.29, 0.717) is 16.4 Å². The molecular formula is C21H13N3O5. The Morgan fingerprint density at radius 1 is 1.21 bits per heavy atom. The van der Waals surface area contributed by atoms with Crippen LogP contribution in [0, 0.1) is 11.3 Å². The van der Waals surface area contributed by atoms with E-state index in [0.717, 1.165) is 6.07 Å². The lowest BCUT2D eigenvalue weighted by atomic mass is 10.2. The monoisotopic (exact) mass is 387 g/mol. The summed E-state index contributed by atoms with van der Waals surface area (Å²) in [4.78, 5) is 31.5. The van der Waals surface area contributed by atoms with Gasteiger partial charge in [0.05, 0.1) is 16.4 Å². The number of carbonyl (C=O) groups is 1. The Kier molecular flexibility index (Phi) is 4.55. The van der Waals surface area contributed by atoms with Crippen LogP contribution in [0.3, 0.4) is 0 Å². The number of carbonyl (C=O) groups excluding carboxylic acids is 1. The van der Waals surface area contributed by atoms with Gasteiger partial charge in [-0.15, -0.1) is 0 Å². The molecule has 0 aliphatic carbocycles. The topological polar surface area (TPSA) is 129 Å². The minimum atomic E-state index is -0.943. The number of rotatable bonds is 4. The van der Waals surface area contributed by atoms with Crippen LogP contribution in [0.5, 0.6) is 0 Å². The maximum atomic E-state index is 12.2. The van der Waals surface area contributed by atoms with Crippen molar-refractivity contribution in [3.63, 3.8) is 0 Å². The average Bonchev–Trinajstić information content (AvgIpc) is 3.16. The number of nitriles is 1. The Labute approximate surface area is 163 Å². The van der Waals surface area contributed by atoms with Crippen LogP contribution in [0.15, 0.2) is 69.6 Å². The summed E-state index contributed by atoms with van der Waals surface area (Å²) in [5.41, 5.74) is 1.01. The van der Waals surface area contributed by atoms with Gasteiger partial charge in [0.15, 0.2) is 23.6 Å². The summed E-state index contributed by atoms with van der Waals surface area (Å²) < 4.78 is 10.4. The van der Waals surface area contributed by atoms with Crippen LogP contribution < -0.4 is 5.43 Å². The van der Waals surface area contributed by atoms with Crippen molar-refractivity contribution in [3.05, 3.63) is 82.2 Å². The fourth-order valence-corrected chi connectivity index (χ4v) is 2.81. The third kappa shape index (κ3) is 3.44. The Balaban J connectivity index is 1.57. The van der Waals surface area contributed by atoms with E-state index in [-0.39, 0.29) is 22.7 Å². The predicted octanol–water partition coefficient (Wildman–Crippen LogP) is 3.32. The van der Waals surface area contributed by atoms with Crippen molar-refractivity contribution in [2.75, 3.05) is 6.61 Å². The van der Waals surface area contributed by atoms with E-state index in [2.05, 4.69) is 9.97 Å². The average molecular weight is 387 g/mol. The summed E-state index contributed by atoms with van der Waals surface area (Å²) >= 11 is 0. The summed E-state index contributed by atoms with van der Waals surface area (Å²) in [5, 5.41) is 20.0. The lowest BCUT2D eigenvalue weighted by molar-refractivity contribution is 0.0467. The first-order chi connectivity index (χ1) is 14.1. The van der Waals surface area contributed by atoms with Gasteiger partial charge in [0.2, 0.25) is 5.76 Å². The van der Waals surface area contributed by atoms with Gasteiger partial charge in [-0.1, -0.05) is 24.3 Å². The number of nitrogens with zero attached hydrogens (tertiary/aromatic N) is 2. The van der Waals surface area contributed by atoms with Gasteiger partial charge < -0.3 is 19.2 Å². The second-order valence-electron chi connectivity index (χ2n) is 6.08. The van der Waals surface area contributed by atoms with Crippen LogP contribution in [-0.2, 0) is 4.74 Å². The number of hydrogen-bond acceptors (Lipinski definition) is 7. The molecule has 2 N–H and O–H groups in total. The molecule has 0 saturated heterocycles. The number of imidazole rings is 1. The minimum Gasteiger partial charge on any atom is -0.507 e. The lowest BCUT2D eigenvalue weighted by Crippen LogP contribution is -2.12. The number of para-hydroxylation sites is 3. The largest absolute Gasteiger partial charge is 0.507 e. The number of benzene rings is 2. The summed E-state index contributed by atoms with van der Waals surface area (Å²) in [6.07, 6.45) is 0. The molecule has 8 nitrogen and oxygen atoms in total. The molecular weight excluding hydrogens is 374 g/mol. The van der Waals surface area contributed by atoms with Crippen molar-refractivity contribution >= 4 is 33.5 Å². The van der Waals surface area contributed by atoms with Crippen molar-refractivity contribution in [1.29, 1.82) is 5.26 Å². The van der Waals surface area contributed by atoms with E-state index in [9.17, 15) is 20.0 Å². The zero-order valence-corrected chi connectivity index (χ0v) is 14.9. The highest BCUT2D eigenvalue weighted by atomic mass is 16.6. The number of ether oxygens (including phenoxy) is 1.